The Balaban J connectivity index is 1.77. The number of piperidine rings is 1. The zero-order chi connectivity index (χ0) is 28.0. The van der Waals surface area contributed by atoms with Crippen LogP contribution in [0, 0.1) is 0 Å². The van der Waals surface area contributed by atoms with Gasteiger partial charge >= 0.3 is 7.82 Å². The minimum atomic E-state index is -4.77. The number of ether oxygens (including phenoxy) is 1. The summed E-state index contributed by atoms with van der Waals surface area (Å²) in [7, 11) is -4.77. The lowest BCUT2D eigenvalue weighted by Gasteiger charge is -2.43. The molecule has 0 saturated carbocycles. The van der Waals surface area contributed by atoms with Crippen LogP contribution in [0.15, 0.2) is 21.8 Å². The van der Waals surface area contributed by atoms with Gasteiger partial charge in [0.15, 0.2) is 11.8 Å². The standard InChI is InChI=1S/C25H43N4O8P/c1-4-6-7-8-9-10-11-19-25(14-13-24(12-5-2,17(3)28-19)29-23(25)32)27-16-26-22-21(31)20(30)18(37-22)15-36-38(33,34)35/h11,16,18,20-22,30-31H,4-10,12-15H2,1-3H3,(H,26,27)(H,29,32)(H2,33,34,35)/b19-11-. The van der Waals surface area contributed by atoms with Crippen LogP contribution in [-0.4, -0.2) is 80.2 Å². The van der Waals surface area contributed by atoms with Gasteiger partial charge < -0.3 is 35.4 Å². The fraction of sp³-hybridized carbons (Fsp3) is 0.800. The van der Waals surface area contributed by atoms with Gasteiger partial charge in [0.1, 0.15) is 18.3 Å². The Morgan fingerprint density at radius 3 is 2.58 bits per heavy atom. The number of aliphatic hydroxyl groups excluding tert-OH is 2. The van der Waals surface area contributed by atoms with E-state index in [1.807, 2.05) is 13.0 Å². The molecule has 12 nitrogen and oxygen atoms in total. The minimum Gasteiger partial charge on any atom is -0.387 e. The topological polar surface area (TPSA) is 182 Å². The molecule has 1 amide bonds. The van der Waals surface area contributed by atoms with E-state index in [4.69, 9.17) is 19.5 Å². The van der Waals surface area contributed by atoms with Crippen LogP contribution in [0.2, 0.25) is 0 Å². The van der Waals surface area contributed by atoms with E-state index in [2.05, 4.69) is 34.0 Å². The molecular weight excluding hydrogens is 515 g/mol. The summed E-state index contributed by atoms with van der Waals surface area (Å²) in [5.74, 6) is -0.192. The van der Waals surface area contributed by atoms with E-state index in [1.54, 1.807) is 0 Å². The number of aliphatic imine (C=N–C) groups is 2. The highest BCUT2D eigenvalue weighted by molar-refractivity contribution is 7.46. The highest BCUT2D eigenvalue weighted by Gasteiger charge is 2.54. The summed E-state index contributed by atoms with van der Waals surface area (Å²) in [6, 6.07) is 0. The van der Waals surface area contributed by atoms with Gasteiger partial charge in [-0.05, 0) is 39.0 Å². The normalized spacial score (nSPS) is 34.6. The van der Waals surface area contributed by atoms with E-state index < -0.39 is 50.0 Å². The van der Waals surface area contributed by atoms with Crippen LogP contribution in [0.1, 0.15) is 85.0 Å². The zero-order valence-corrected chi connectivity index (χ0v) is 23.4. The number of nitrogens with zero attached hydrogens (tertiary/aromatic N) is 2. The lowest BCUT2D eigenvalue weighted by molar-refractivity contribution is -0.129. The van der Waals surface area contributed by atoms with Crippen molar-refractivity contribution in [1.29, 1.82) is 0 Å². The number of aliphatic hydroxyl groups is 2. The van der Waals surface area contributed by atoms with Crippen LogP contribution in [0.3, 0.4) is 0 Å². The van der Waals surface area contributed by atoms with Gasteiger partial charge in [0.05, 0.1) is 24.2 Å². The van der Waals surface area contributed by atoms with Crippen LogP contribution in [0.5, 0.6) is 0 Å². The van der Waals surface area contributed by atoms with E-state index in [-0.39, 0.29) is 5.91 Å². The molecule has 4 aliphatic heterocycles. The van der Waals surface area contributed by atoms with Crippen molar-refractivity contribution in [2.45, 2.75) is 121 Å². The number of phosphoric ester groups is 1. The monoisotopic (exact) mass is 558 g/mol. The summed E-state index contributed by atoms with van der Waals surface area (Å²) >= 11 is 0. The lowest BCUT2D eigenvalue weighted by Crippen LogP contribution is -2.67. The van der Waals surface area contributed by atoms with Crippen molar-refractivity contribution in [1.82, 2.24) is 10.6 Å². The molecule has 6 N–H and O–H groups in total. The molecule has 0 aromatic carbocycles. The number of amides is 1. The summed E-state index contributed by atoms with van der Waals surface area (Å²) in [6.07, 6.45) is 7.38. The Labute approximate surface area is 224 Å². The van der Waals surface area contributed by atoms with Crippen molar-refractivity contribution in [3.8, 4) is 0 Å². The number of hydrogen-bond donors (Lipinski definition) is 6. The van der Waals surface area contributed by atoms with Gasteiger partial charge in [0, 0.05) is 5.71 Å². The first kappa shape index (κ1) is 30.9. The smallest absolute Gasteiger partial charge is 0.387 e. The number of phosphoric acid groups is 1. The minimum absolute atomic E-state index is 0.192. The number of unbranched alkanes of at least 4 members (excludes halogenated alkanes) is 5. The number of carbonyl (C=O) groups is 1. The molecule has 4 heterocycles. The third-order valence-electron chi connectivity index (χ3n) is 7.68. The maximum absolute atomic E-state index is 13.6. The van der Waals surface area contributed by atoms with E-state index in [0.29, 0.717) is 18.5 Å². The molecule has 216 valence electrons. The van der Waals surface area contributed by atoms with E-state index in [9.17, 15) is 19.6 Å². The molecule has 2 bridgehead atoms. The van der Waals surface area contributed by atoms with Crippen molar-refractivity contribution in [2.24, 2.45) is 9.98 Å². The van der Waals surface area contributed by atoms with Crippen LogP contribution in [0.4, 0.5) is 0 Å². The van der Waals surface area contributed by atoms with Crippen molar-refractivity contribution >= 4 is 25.8 Å². The predicted octanol–water partition coefficient (Wildman–Crippen LogP) is 2.07. The van der Waals surface area contributed by atoms with Gasteiger partial charge in [-0.3, -0.25) is 14.3 Å². The average molecular weight is 559 g/mol. The average Bonchev–Trinajstić information content (AvgIpc) is 3.02. The predicted molar refractivity (Wildman–Crippen MR) is 143 cm³/mol. The third kappa shape index (κ3) is 7.10. The van der Waals surface area contributed by atoms with Gasteiger partial charge in [-0.2, -0.15) is 0 Å². The number of rotatable bonds is 14. The number of hydrogen-bond acceptors (Lipinski definition) is 8. The first-order chi connectivity index (χ1) is 18.0. The van der Waals surface area contributed by atoms with Crippen molar-refractivity contribution < 1.29 is 38.6 Å². The summed E-state index contributed by atoms with van der Waals surface area (Å²) in [5.41, 5.74) is -0.0990. The second-order valence-electron chi connectivity index (χ2n) is 10.4. The van der Waals surface area contributed by atoms with Crippen molar-refractivity contribution in [3.05, 3.63) is 11.8 Å². The van der Waals surface area contributed by atoms with Crippen LogP contribution in [0.25, 0.3) is 0 Å². The molecule has 2 saturated heterocycles. The summed E-state index contributed by atoms with van der Waals surface area (Å²) in [6.45, 7) is 5.60. The molecule has 38 heavy (non-hydrogen) atoms. The molecule has 2 fully saturated rings. The Bertz CT molecular complexity index is 969. The molecule has 0 aliphatic carbocycles. The maximum Gasteiger partial charge on any atom is 0.469 e. The van der Waals surface area contributed by atoms with E-state index >= 15 is 0 Å². The Morgan fingerprint density at radius 1 is 1.18 bits per heavy atom. The quantitative estimate of drug-likeness (QED) is 0.0804. The summed E-state index contributed by atoms with van der Waals surface area (Å²) in [4.78, 5) is 40.5. The molecule has 0 spiro atoms. The maximum atomic E-state index is 13.6. The van der Waals surface area contributed by atoms with E-state index in [1.165, 1.54) is 25.6 Å². The van der Waals surface area contributed by atoms with Crippen LogP contribution in [-0.2, 0) is 18.6 Å². The molecule has 0 radical (unpaired) electrons. The molecule has 4 aliphatic rings. The molecule has 13 heteroatoms. The van der Waals surface area contributed by atoms with Gasteiger partial charge in [0.2, 0.25) is 0 Å². The van der Waals surface area contributed by atoms with Crippen molar-refractivity contribution in [2.75, 3.05) is 6.61 Å². The number of allylic oxidation sites excluding steroid dienone is 1. The molecular formula is C25H43N4O8P. The zero-order valence-electron chi connectivity index (χ0n) is 22.5. The highest BCUT2D eigenvalue weighted by atomic mass is 31.2. The summed E-state index contributed by atoms with van der Waals surface area (Å²) < 4.78 is 20.8. The number of nitrogens with one attached hydrogen (secondary N) is 2. The number of carbonyl (C=O) groups excluding carboxylic acids is 1. The van der Waals surface area contributed by atoms with Crippen LogP contribution >= 0.6 is 7.82 Å². The Hall–Kier alpha value is -1.66. The SMILES string of the molecule is CCCCCCC/C=C1\N=C(C)C2(CCC)CCC1(NC=NC1OC(COP(=O)(O)O)C(O)C1O)C(=O)N2. The fourth-order valence-corrected chi connectivity index (χ4v) is 5.74. The van der Waals surface area contributed by atoms with E-state index in [0.717, 1.165) is 37.8 Å². The Morgan fingerprint density at radius 2 is 1.92 bits per heavy atom. The first-order valence-corrected chi connectivity index (χ1v) is 15.1. The molecule has 4 rings (SSSR count). The molecule has 0 aromatic heterocycles. The fourth-order valence-electron chi connectivity index (χ4n) is 5.39. The molecule has 6 unspecified atom stereocenters. The van der Waals surface area contributed by atoms with Crippen LogP contribution < -0.4 is 10.6 Å². The van der Waals surface area contributed by atoms with Crippen molar-refractivity contribution in [3.63, 3.8) is 0 Å². The largest absolute Gasteiger partial charge is 0.469 e. The van der Waals surface area contributed by atoms with Gasteiger partial charge in [-0.1, -0.05) is 52.0 Å². The second kappa shape index (κ2) is 13.1. The second-order valence-corrected chi connectivity index (χ2v) is 11.7. The molecule has 6 atom stereocenters. The number of fused-ring (bicyclic) bond motifs is 3. The third-order valence-corrected chi connectivity index (χ3v) is 8.17. The molecule has 0 aromatic rings. The van der Waals surface area contributed by atoms with Gasteiger partial charge in [-0.25, -0.2) is 9.56 Å². The first-order valence-electron chi connectivity index (χ1n) is 13.6. The lowest BCUT2D eigenvalue weighted by atomic mass is 9.75. The summed E-state index contributed by atoms with van der Waals surface area (Å²) in [5, 5.41) is 26.9. The van der Waals surface area contributed by atoms with Gasteiger partial charge in [-0.15, -0.1) is 0 Å². The Kier molecular flexibility index (Phi) is 10.7. The highest BCUT2D eigenvalue weighted by Crippen LogP contribution is 2.40. The van der Waals surface area contributed by atoms with Gasteiger partial charge in [0.25, 0.3) is 5.91 Å².